The lowest BCUT2D eigenvalue weighted by Gasteiger charge is -2.37. The standard InChI is InChI=1S/C21H27N3O5S.C19H25N3O4S/c1-12(2)28-17-7-14(20(26)27-4)8-18-19(17)22-21(30-18)24-6-5-23-11-16(29-13(3)25)9-15(23)10-24;1-11(2)26-15-6-12(18(24)25-3)7-16-17(15)20-19(27-16)22-5-4-21-10-14(23)8-13(21)9-22/h7-8,12,15-16H,5-6,9-11H2,1-4H3;6-7,11,13-14,23H,4-5,8-10H2,1-3H3/t15-,16-;13-,14+/m11/s1. The molecule has 4 aliphatic rings. The molecule has 57 heavy (non-hydrogen) atoms. The van der Waals surface area contributed by atoms with Gasteiger partial charge >= 0.3 is 17.9 Å². The topological polar surface area (TPSA) is 156 Å². The van der Waals surface area contributed by atoms with Crippen molar-refractivity contribution in [2.24, 2.45) is 0 Å². The molecule has 0 bridgehead atoms. The van der Waals surface area contributed by atoms with Crippen LogP contribution in [0, 0.1) is 0 Å². The molecule has 4 fully saturated rings. The minimum atomic E-state index is -0.392. The Balaban J connectivity index is 0.000000175. The fourth-order valence-corrected chi connectivity index (χ4v) is 10.2. The fraction of sp³-hybridized carbons (Fsp3) is 0.575. The van der Waals surface area contributed by atoms with E-state index in [1.165, 1.54) is 21.1 Å². The Kier molecular flexibility index (Phi) is 12.4. The number of nitrogens with zero attached hydrogens (tertiary/aromatic N) is 6. The van der Waals surface area contributed by atoms with Gasteiger partial charge in [0, 0.05) is 77.8 Å². The normalized spacial score (nSPS) is 22.4. The Bertz CT molecular complexity index is 2110. The number of anilines is 2. The number of benzene rings is 2. The predicted octanol–water partition coefficient (Wildman–Crippen LogP) is 4.82. The summed E-state index contributed by atoms with van der Waals surface area (Å²) in [6.07, 6.45) is 1.35. The molecule has 8 rings (SSSR count). The number of carbonyl (C=O) groups is 3. The third-order valence-electron chi connectivity index (χ3n) is 10.5. The Hall–Kier alpha value is -4.29. The molecule has 4 aliphatic heterocycles. The summed E-state index contributed by atoms with van der Waals surface area (Å²) < 4.78 is 28.9. The van der Waals surface area contributed by atoms with Crippen molar-refractivity contribution in [3.05, 3.63) is 35.4 Å². The lowest BCUT2D eigenvalue weighted by molar-refractivity contribution is -0.145. The zero-order valence-electron chi connectivity index (χ0n) is 33.6. The van der Waals surface area contributed by atoms with Gasteiger partial charge in [-0.05, 0) is 58.4 Å². The molecule has 15 nitrogen and oxygen atoms in total. The highest BCUT2D eigenvalue weighted by atomic mass is 32.1. The summed E-state index contributed by atoms with van der Waals surface area (Å²) >= 11 is 3.12. The minimum absolute atomic E-state index is 0.0187. The smallest absolute Gasteiger partial charge is 0.338 e. The number of hydrogen-bond acceptors (Lipinski definition) is 17. The third kappa shape index (κ3) is 9.22. The highest BCUT2D eigenvalue weighted by Gasteiger charge is 2.39. The summed E-state index contributed by atoms with van der Waals surface area (Å²) in [6.45, 7) is 16.1. The predicted molar refractivity (Wildman–Crippen MR) is 219 cm³/mol. The molecule has 2 aromatic carbocycles. The number of fused-ring (bicyclic) bond motifs is 4. The zero-order chi connectivity index (χ0) is 40.5. The van der Waals surface area contributed by atoms with E-state index in [9.17, 15) is 19.5 Å². The first-order chi connectivity index (χ1) is 27.3. The van der Waals surface area contributed by atoms with Gasteiger partial charge in [0.15, 0.2) is 10.3 Å². The van der Waals surface area contributed by atoms with Crippen LogP contribution in [0.2, 0.25) is 0 Å². The molecule has 1 N–H and O–H groups in total. The summed E-state index contributed by atoms with van der Waals surface area (Å²) in [6, 6.07) is 7.77. The molecule has 4 atom stereocenters. The van der Waals surface area contributed by atoms with E-state index in [-0.39, 0.29) is 36.4 Å². The van der Waals surface area contributed by atoms with Crippen LogP contribution in [0.4, 0.5) is 10.3 Å². The van der Waals surface area contributed by atoms with Crippen LogP contribution in [0.5, 0.6) is 11.5 Å². The molecular weight excluding hydrogens is 773 g/mol. The second kappa shape index (κ2) is 17.3. The highest BCUT2D eigenvalue weighted by Crippen LogP contribution is 2.39. The maximum Gasteiger partial charge on any atom is 0.338 e. The number of methoxy groups -OCH3 is 2. The van der Waals surface area contributed by atoms with Gasteiger partial charge in [0.1, 0.15) is 28.6 Å². The van der Waals surface area contributed by atoms with E-state index in [2.05, 4.69) is 19.6 Å². The second-order valence-electron chi connectivity index (χ2n) is 15.5. The minimum Gasteiger partial charge on any atom is -0.489 e. The zero-order valence-corrected chi connectivity index (χ0v) is 35.2. The number of aliphatic hydroxyl groups is 1. The van der Waals surface area contributed by atoms with Crippen molar-refractivity contribution in [3.8, 4) is 11.5 Å². The first kappa shape index (κ1) is 40.9. The molecule has 4 aromatic rings. The maximum atomic E-state index is 12.1. The Morgan fingerprint density at radius 1 is 0.702 bits per heavy atom. The second-order valence-corrected chi connectivity index (χ2v) is 17.5. The van der Waals surface area contributed by atoms with Gasteiger partial charge in [-0.2, -0.15) is 0 Å². The van der Waals surface area contributed by atoms with E-state index in [0.717, 1.165) is 95.9 Å². The van der Waals surface area contributed by atoms with Crippen LogP contribution in [-0.4, -0.2) is 146 Å². The van der Waals surface area contributed by atoms with E-state index in [4.69, 9.17) is 33.7 Å². The van der Waals surface area contributed by atoms with Gasteiger partial charge in [0.05, 0.1) is 53.1 Å². The first-order valence-electron chi connectivity index (χ1n) is 19.5. The number of ether oxygens (including phenoxy) is 5. The molecule has 2 aromatic heterocycles. The Labute approximate surface area is 340 Å². The van der Waals surface area contributed by atoms with Crippen LogP contribution in [-0.2, 0) is 19.0 Å². The molecule has 0 saturated carbocycles. The number of rotatable bonds is 9. The van der Waals surface area contributed by atoms with Gasteiger partial charge < -0.3 is 38.6 Å². The summed E-state index contributed by atoms with van der Waals surface area (Å²) in [5.74, 6) is 0.215. The van der Waals surface area contributed by atoms with Crippen molar-refractivity contribution >= 4 is 71.3 Å². The number of esters is 3. The van der Waals surface area contributed by atoms with Gasteiger partial charge in [-0.15, -0.1) is 0 Å². The SMILES string of the molecule is COC(=O)c1cc(OC(C)C)c2nc(N3CCN4C[C@@H](O)C[C@@H]4C3)sc2c1.COC(=O)c1cc(OC(C)C)c2nc(N3CCN4C[C@H](OC(C)=O)C[C@@H]4C3)sc2c1. The van der Waals surface area contributed by atoms with Gasteiger partial charge in [0.2, 0.25) is 0 Å². The largest absolute Gasteiger partial charge is 0.489 e. The maximum absolute atomic E-state index is 12.1. The monoisotopic (exact) mass is 824 g/mol. The van der Waals surface area contributed by atoms with Crippen molar-refractivity contribution in [1.29, 1.82) is 0 Å². The lowest BCUT2D eigenvalue weighted by atomic mass is 10.1. The molecular formula is C40H52N6O9S2. The number of carbonyl (C=O) groups excluding carboxylic acids is 3. The van der Waals surface area contributed by atoms with Crippen LogP contribution in [0.25, 0.3) is 20.4 Å². The van der Waals surface area contributed by atoms with Gasteiger partial charge in [0.25, 0.3) is 0 Å². The summed E-state index contributed by atoms with van der Waals surface area (Å²) in [7, 11) is 2.75. The van der Waals surface area contributed by atoms with Crippen molar-refractivity contribution in [3.63, 3.8) is 0 Å². The van der Waals surface area contributed by atoms with Crippen molar-refractivity contribution in [2.75, 3.05) is 76.4 Å². The van der Waals surface area contributed by atoms with Gasteiger partial charge in [-0.25, -0.2) is 19.6 Å². The van der Waals surface area contributed by atoms with Gasteiger partial charge in [-0.1, -0.05) is 22.7 Å². The van der Waals surface area contributed by atoms with E-state index in [0.29, 0.717) is 34.7 Å². The van der Waals surface area contributed by atoms with Crippen LogP contribution >= 0.6 is 22.7 Å². The Morgan fingerprint density at radius 2 is 1.18 bits per heavy atom. The Morgan fingerprint density at radius 3 is 1.63 bits per heavy atom. The number of piperazine rings is 2. The van der Waals surface area contributed by atoms with E-state index >= 15 is 0 Å². The van der Waals surface area contributed by atoms with Crippen LogP contribution in [0.15, 0.2) is 24.3 Å². The van der Waals surface area contributed by atoms with Crippen LogP contribution in [0.1, 0.15) is 68.2 Å². The number of aromatic nitrogens is 2. The molecule has 308 valence electrons. The molecule has 0 aliphatic carbocycles. The molecule has 0 radical (unpaired) electrons. The number of aliphatic hydroxyl groups excluding tert-OH is 1. The molecule has 0 spiro atoms. The third-order valence-corrected chi connectivity index (χ3v) is 12.6. The quantitative estimate of drug-likeness (QED) is 0.181. The summed E-state index contributed by atoms with van der Waals surface area (Å²) in [4.78, 5) is 54.4. The van der Waals surface area contributed by atoms with Crippen molar-refractivity contribution < 1.29 is 43.2 Å². The van der Waals surface area contributed by atoms with Crippen molar-refractivity contribution in [1.82, 2.24) is 19.8 Å². The average molecular weight is 825 g/mol. The van der Waals surface area contributed by atoms with E-state index in [1.807, 2.05) is 39.8 Å². The highest BCUT2D eigenvalue weighted by molar-refractivity contribution is 7.22. The van der Waals surface area contributed by atoms with Crippen molar-refractivity contribution in [2.45, 2.75) is 84.0 Å². The molecule has 6 heterocycles. The molecule has 0 amide bonds. The average Bonchev–Trinajstić information content (AvgIpc) is 3.96. The van der Waals surface area contributed by atoms with E-state index in [1.54, 1.807) is 34.8 Å². The van der Waals surface area contributed by atoms with Gasteiger partial charge in [-0.3, -0.25) is 14.6 Å². The lowest BCUT2D eigenvalue weighted by Crippen LogP contribution is -2.50. The van der Waals surface area contributed by atoms with Crippen LogP contribution in [0.3, 0.4) is 0 Å². The molecule has 0 unspecified atom stereocenters. The number of thiazole rings is 2. The first-order valence-corrected chi connectivity index (χ1v) is 21.1. The molecule has 4 saturated heterocycles. The fourth-order valence-electron chi connectivity index (χ4n) is 8.08. The van der Waals surface area contributed by atoms with E-state index < -0.39 is 5.97 Å². The molecule has 17 heteroatoms. The number of hydrogen-bond donors (Lipinski definition) is 1. The summed E-state index contributed by atoms with van der Waals surface area (Å²) in [5.41, 5.74) is 2.48. The summed E-state index contributed by atoms with van der Waals surface area (Å²) in [5, 5.41) is 11.8. The van der Waals surface area contributed by atoms with Crippen LogP contribution < -0.4 is 19.3 Å².